The van der Waals surface area contributed by atoms with Crippen LogP contribution in [-0.2, 0) is 20.2 Å². The van der Waals surface area contributed by atoms with Crippen LogP contribution in [0.15, 0.2) is 47.4 Å². The van der Waals surface area contributed by atoms with Gasteiger partial charge in [-0.2, -0.15) is 0 Å². The van der Waals surface area contributed by atoms with E-state index in [0.29, 0.717) is 10.6 Å². The molecule has 1 heterocycles. The zero-order chi connectivity index (χ0) is 20.7. The second kappa shape index (κ2) is 7.55. The Morgan fingerprint density at radius 1 is 1.04 bits per heavy atom. The van der Waals surface area contributed by atoms with E-state index in [4.69, 9.17) is 34.8 Å². The third kappa shape index (κ3) is 3.85. The first kappa shape index (κ1) is 20.9. The van der Waals surface area contributed by atoms with Crippen LogP contribution in [0.1, 0.15) is 12.5 Å². The number of rotatable bonds is 5. The molecule has 2 aromatic rings. The lowest BCUT2D eigenvalue weighted by molar-refractivity contribution is -0.130. The summed E-state index contributed by atoms with van der Waals surface area (Å²) in [5, 5.41) is 3.25. The predicted molar refractivity (Wildman–Crippen MR) is 108 cm³/mol. The third-order valence-electron chi connectivity index (χ3n) is 4.49. The molecule has 1 atom stereocenters. The van der Waals surface area contributed by atoms with Gasteiger partial charge in [0.05, 0.1) is 15.7 Å². The van der Waals surface area contributed by atoms with E-state index < -0.39 is 33.1 Å². The molecule has 6 nitrogen and oxygen atoms in total. The Morgan fingerprint density at radius 3 is 2.39 bits per heavy atom. The lowest BCUT2D eigenvalue weighted by atomic mass is 9.92. The maximum Gasteiger partial charge on any atom is 0.325 e. The Labute approximate surface area is 177 Å². The molecule has 0 radical (unpaired) electrons. The van der Waals surface area contributed by atoms with Gasteiger partial charge in [-0.05, 0) is 42.8 Å². The van der Waals surface area contributed by atoms with Gasteiger partial charge in [-0.25, -0.2) is 13.2 Å². The van der Waals surface area contributed by atoms with Crippen LogP contribution in [0.25, 0.3) is 0 Å². The molecule has 0 bridgehead atoms. The number of imide groups is 1. The second-order valence-corrected chi connectivity index (χ2v) is 9.77. The van der Waals surface area contributed by atoms with Gasteiger partial charge in [0.2, 0.25) is 0 Å². The summed E-state index contributed by atoms with van der Waals surface area (Å²) < 4.78 is 25.2. The van der Waals surface area contributed by atoms with Crippen molar-refractivity contribution in [2.45, 2.75) is 17.4 Å². The Bertz CT molecular complexity index is 1070. The number of nitrogens with one attached hydrogen (secondary N) is 1. The summed E-state index contributed by atoms with van der Waals surface area (Å²) >= 11 is 17.8. The van der Waals surface area contributed by atoms with Gasteiger partial charge in [0, 0.05) is 16.6 Å². The molecule has 1 unspecified atom stereocenters. The summed E-state index contributed by atoms with van der Waals surface area (Å²) in [5.41, 5.74) is -0.832. The molecule has 28 heavy (non-hydrogen) atoms. The molecule has 3 rings (SSSR count). The largest absolute Gasteiger partial charge is 0.325 e. The summed E-state index contributed by atoms with van der Waals surface area (Å²) in [5.74, 6) is -1.05. The zero-order valence-electron chi connectivity index (χ0n) is 14.6. The van der Waals surface area contributed by atoms with Gasteiger partial charge in [-0.3, -0.25) is 9.69 Å². The monoisotopic (exact) mass is 460 g/mol. The fourth-order valence-corrected chi connectivity index (χ4v) is 5.14. The number of sulfone groups is 1. The molecule has 1 aliphatic heterocycles. The SMILES string of the molecule is CC1(c2cccc(Cl)c2)NC(=O)N(CCS(=O)(=O)c2cc(Cl)ccc2Cl)C1=O. The Balaban J connectivity index is 1.82. The summed E-state index contributed by atoms with van der Waals surface area (Å²) in [6, 6.07) is 9.95. The van der Waals surface area contributed by atoms with Crippen molar-refractivity contribution in [3.8, 4) is 0 Å². The van der Waals surface area contributed by atoms with Crippen molar-refractivity contribution in [2.75, 3.05) is 12.3 Å². The standard InChI is InChI=1S/C18H15Cl3N2O4S/c1-18(11-3-2-4-12(19)9-11)16(24)23(17(25)22-18)7-8-28(26,27)15-10-13(20)5-6-14(15)21/h2-6,9-10H,7-8H2,1H3,(H,22,25). The Hall–Kier alpha value is -1.80. The minimum atomic E-state index is -3.87. The highest BCUT2D eigenvalue weighted by Crippen LogP contribution is 2.31. The first-order valence-corrected chi connectivity index (χ1v) is 10.9. The number of hydrogen-bond acceptors (Lipinski definition) is 4. The summed E-state index contributed by atoms with van der Waals surface area (Å²) in [4.78, 5) is 26.0. The molecule has 1 fully saturated rings. The van der Waals surface area contributed by atoms with Crippen molar-refractivity contribution in [3.63, 3.8) is 0 Å². The number of amides is 3. The molecule has 148 valence electrons. The van der Waals surface area contributed by atoms with Gasteiger partial charge in [0.1, 0.15) is 5.54 Å². The number of carbonyl (C=O) groups is 2. The van der Waals surface area contributed by atoms with Gasteiger partial charge in [0.25, 0.3) is 5.91 Å². The highest BCUT2D eigenvalue weighted by Gasteiger charge is 2.49. The average molecular weight is 462 g/mol. The lowest BCUT2D eigenvalue weighted by Gasteiger charge is -2.22. The van der Waals surface area contributed by atoms with Crippen LogP contribution >= 0.6 is 34.8 Å². The number of benzene rings is 2. The molecule has 1 aliphatic rings. The van der Waals surface area contributed by atoms with Crippen molar-refractivity contribution >= 4 is 56.6 Å². The molecule has 2 aromatic carbocycles. The fraction of sp³-hybridized carbons (Fsp3) is 0.222. The number of nitrogens with zero attached hydrogens (tertiary/aromatic N) is 1. The molecule has 0 saturated carbocycles. The summed E-state index contributed by atoms with van der Waals surface area (Å²) in [6.07, 6.45) is 0. The van der Waals surface area contributed by atoms with Crippen LogP contribution in [0.5, 0.6) is 0 Å². The van der Waals surface area contributed by atoms with Crippen molar-refractivity contribution < 1.29 is 18.0 Å². The maximum absolute atomic E-state index is 12.9. The smallest absolute Gasteiger partial charge is 0.319 e. The van der Waals surface area contributed by atoms with Crippen molar-refractivity contribution in [3.05, 3.63) is 63.1 Å². The van der Waals surface area contributed by atoms with Crippen molar-refractivity contribution in [1.29, 1.82) is 0 Å². The van der Waals surface area contributed by atoms with E-state index in [9.17, 15) is 18.0 Å². The number of carbonyl (C=O) groups excluding carboxylic acids is 2. The normalized spacial score (nSPS) is 19.8. The first-order valence-electron chi connectivity index (χ1n) is 8.12. The number of hydrogen-bond donors (Lipinski definition) is 1. The Morgan fingerprint density at radius 2 is 1.71 bits per heavy atom. The molecule has 3 amide bonds. The molecule has 10 heteroatoms. The van der Waals surface area contributed by atoms with Crippen molar-refractivity contribution in [1.82, 2.24) is 10.2 Å². The summed E-state index contributed by atoms with van der Waals surface area (Å²) in [6.45, 7) is 1.22. The van der Waals surface area contributed by atoms with Gasteiger partial charge < -0.3 is 5.32 Å². The van der Waals surface area contributed by atoms with E-state index in [1.807, 2.05) is 0 Å². The van der Waals surface area contributed by atoms with Gasteiger partial charge in [-0.15, -0.1) is 0 Å². The molecule has 0 spiro atoms. The molecule has 1 N–H and O–H groups in total. The maximum atomic E-state index is 12.9. The molecular formula is C18H15Cl3N2O4S. The predicted octanol–water partition coefficient (Wildman–Crippen LogP) is 3.89. The van der Waals surface area contributed by atoms with E-state index in [1.165, 1.54) is 18.2 Å². The minimum Gasteiger partial charge on any atom is -0.319 e. The van der Waals surface area contributed by atoms with Gasteiger partial charge in [0.15, 0.2) is 9.84 Å². The van der Waals surface area contributed by atoms with Gasteiger partial charge >= 0.3 is 6.03 Å². The van der Waals surface area contributed by atoms with E-state index in [-0.39, 0.29) is 21.5 Å². The Kier molecular flexibility index (Phi) is 5.64. The van der Waals surface area contributed by atoms with E-state index in [2.05, 4.69) is 5.32 Å². The quantitative estimate of drug-likeness (QED) is 0.685. The van der Waals surface area contributed by atoms with E-state index >= 15 is 0 Å². The van der Waals surface area contributed by atoms with E-state index in [0.717, 1.165) is 4.90 Å². The molecule has 1 saturated heterocycles. The number of halogens is 3. The molecular weight excluding hydrogens is 447 g/mol. The zero-order valence-corrected chi connectivity index (χ0v) is 17.7. The van der Waals surface area contributed by atoms with Crippen LogP contribution in [0, 0.1) is 0 Å². The first-order chi connectivity index (χ1) is 13.0. The lowest BCUT2D eigenvalue weighted by Crippen LogP contribution is -2.41. The van der Waals surface area contributed by atoms with Crippen LogP contribution in [0.4, 0.5) is 4.79 Å². The topological polar surface area (TPSA) is 83.6 Å². The number of urea groups is 1. The minimum absolute atomic E-state index is 0.0189. The van der Waals surface area contributed by atoms with Crippen LogP contribution in [0.2, 0.25) is 15.1 Å². The summed E-state index contributed by atoms with van der Waals surface area (Å²) in [7, 11) is -3.87. The third-order valence-corrected chi connectivity index (χ3v) is 7.13. The van der Waals surface area contributed by atoms with Crippen LogP contribution < -0.4 is 5.32 Å². The van der Waals surface area contributed by atoms with E-state index in [1.54, 1.807) is 31.2 Å². The fourth-order valence-electron chi connectivity index (χ4n) is 2.93. The average Bonchev–Trinajstić information content (AvgIpc) is 2.85. The highest BCUT2D eigenvalue weighted by molar-refractivity contribution is 7.91. The van der Waals surface area contributed by atoms with Crippen molar-refractivity contribution in [2.24, 2.45) is 0 Å². The second-order valence-electron chi connectivity index (χ2n) is 6.42. The molecule has 0 aliphatic carbocycles. The van der Waals surface area contributed by atoms with Gasteiger partial charge in [-0.1, -0.05) is 46.9 Å². The van der Waals surface area contributed by atoms with Crippen LogP contribution in [0.3, 0.4) is 0 Å². The molecule has 0 aromatic heterocycles. The highest BCUT2D eigenvalue weighted by atomic mass is 35.5. The van der Waals surface area contributed by atoms with Crippen LogP contribution in [-0.4, -0.2) is 37.6 Å².